The highest BCUT2D eigenvalue weighted by Crippen LogP contribution is 2.13. The van der Waals surface area contributed by atoms with Crippen molar-refractivity contribution in [3.05, 3.63) is 42.7 Å². The van der Waals surface area contributed by atoms with Crippen LogP contribution in [-0.4, -0.2) is 18.1 Å². The van der Waals surface area contributed by atoms with Crippen LogP contribution in [0, 0.1) is 5.92 Å². The number of hydrogen-bond acceptors (Lipinski definition) is 3. The van der Waals surface area contributed by atoms with Gasteiger partial charge in [-0.3, -0.25) is 9.78 Å². The van der Waals surface area contributed by atoms with Crippen LogP contribution >= 0.6 is 0 Å². The third kappa shape index (κ3) is 3.54. The molecule has 1 heterocycles. The average molecular weight is 205 g/mol. The van der Waals surface area contributed by atoms with Crippen molar-refractivity contribution in [3.63, 3.8) is 0 Å². The standard InChI is InChI=1S/C12H15NO2/c1-3-5-11(12(14)15-2)8-10-6-4-7-13-9-10/h3-4,6-7,9,11H,1,5,8H2,2H3. The maximum Gasteiger partial charge on any atom is 0.309 e. The summed E-state index contributed by atoms with van der Waals surface area (Å²) in [5.41, 5.74) is 1.04. The molecule has 1 rings (SSSR count). The van der Waals surface area contributed by atoms with E-state index in [-0.39, 0.29) is 11.9 Å². The van der Waals surface area contributed by atoms with E-state index in [4.69, 9.17) is 4.74 Å². The highest BCUT2D eigenvalue weighted by Gasteiger charge is 2.17. The monoisotopic (exact) mass is 205 g/mol. The first-order valence-electron chi connectivity index (χ1n) is 4.85. The number of carbonyl (C=O) groups is 1. The first kappa shape index (κ1) is 11.4. The second-order valence-corrected chi connectivity index (χ2v) is 3.31. The molecule has 0 saturated heterocycles. The smallest absolute Gasteiger partial charge is 0.309 e. The Hall–Kier alpha value is -1.64. The maximum absolute atomic E-state index is 11.4. The molecule has 0 spiro atoms. The summed E-state index contributed by atoms with van der Waals surface area (Å²) in [6.45, 7) is 3.64. The Labute approximate surface area is 89.8 Å². The van der Waals surface area contributed by atoms with Gasteiger partial charge in [-0.05, 0) is 24.5 Å². The van der Waals surface area contributed by atoms with Crippen LogP contribution in [0.5, 0.6) is 0 Å². The lowest BCUT2D eigenvalue weighted by atomic mass is 9.97. The Morgan fingerprint density at radius 1 is 1.73 bits per heavy atom. The van der Waals surface area contributed by atoms with Crippen LogP contribution in [0.4, 0.5) is 0 Å². The zero-order valence-corrected chi connectivity index (χ0v) is 8.85. The van der Waals surface area contributed by atoms with E-state index in [0.717, 1.165) is 5.56 Å². The Balaban J connectivity index is 2.66. The second-order valence-electron chi connectivity index (χ2n) is 3.31. The van der Waals surface area contributed by atoms with E-state index < -0.39 is 0 Å². The normalized spacial score (nSPS) is 11.8. The minimum Gasteiger partial charge on any atom is -0.469 e. The van der Waals surface area contributed by atoms with Crippen LogP contribution in [0.3, 0.4) is 0 Å². The summed E-state index contributed by atoms with van der Waals surface area (Å²) in [5, 5.41) is 0. The van der Waals surface area contributed by atoms with Crippen molar-refractivity contribution < 1.29 is 9.53 Å². The quantitative estimate of drug-likeness (QED) is 0.545. The fourth-order valence-corrected chi connectivity index (χ4v) is 1.43. The van der Waals surface area contributed by atoms with Crippen LogP contribution in [0.25, 0.3) is 0 Å². The molecular formula is C12H15NO2. The molecular weight excluding hydrogens is 190 g/mol. The van der Waals surface area contributed by atoms with Gasteiger partial charge in [-0.15, -0.1) is 6.58 Å². The van der Waals surface area contributed by atoms with Gasteiger partial charge in [0.2, 0.25) is 0 Å². The number of ether oxygens (including phenoxy) is 1. The molecule has 0 aliphatic carbocycles. The number of esters is 1. The number of pyridine rings is 1. The molecule has 0 fully saturated rings. The zero-order valence-electron chi connectivity index (χ0n) is 8.85. The highest BCUT2D eigenvalue weighted by molar-refractivity contribution is 5.72. The molecule has 1 aromatic heterocycles. The Bertz CT molecular complexity index is 322. The summed E-state index contributed by atoms with van der Waals surface area (Å²) in [4.78, 5) is 15.4. The predicted molar refractivity (Wildman–Crippen MR) is 58.3 cm³/mol. The summed E-state index contributed by atoms with van der Waals surface area (Å²) in [7, 11) is 1.40. The Kier molecular flexibility index (Phi) is 4.54. The van der Waals surface area contributed by atoms with Crippen molar-refractivity contribution in [1.29, 1.82) is 0 Å². The van der Waals surface area contributed by atoms with Gasteiger partial charge < -0.3 is 4.74 Å². The Morgan fingerprint density at radius 2 is 2.53 bits per heavy atom. The van der Waals surface area contributed by atoms with Crippen molar-refractivity contribution in [3.8, 4) is 0 Å². The summed E-state index contributed by atoms with van der Waals surface area (Å²) in [6, 6.07) is 3.81. The van der Waals surface area contributed by atoms with Gasteiger partial charge in [-0.1, -0.05) is 12.1 Å². The van der Waals surface area contributed by atoms with Crippen molar-refractivity contribution in [2.24, 2.45) is 5.92 Å². The number of methoxy groups -OCH3 is 1. The molecule has 1 unspecified atom stereocenters. The third-order valence-electron chi connectivity index (χ3n) is 2.19. The lowest BCUT2D eigenvalue weighted by molar-refractivity contribution is -0.145. The van der Waals surface area contributed by atoms with E-state index in [2.05, 4.69) is 11.6 Å². The molecule has 0 saturated carbocycles. The minimum atomic E-state index is -0.196. The lowest BCUT2D eigenvalue weighted by Crippen LogP contribution is -2.18. The summed E-state index contributed by atoms with van der Waals surface area (Å²) in [6.07, 6.45) is 6.48. The molecule has 3 nitrogen and oxygen atoms in total. The van der Waals surface area contributed by atoms with Gasteiger partial charge in [-0.25, -0.2) is 0 Å². The molecule has 0 radical (unpaired) electrons. The third-order valence-corrected chi connectivity index (χ3v) is 2.19. The Morgan fingerprint density at radius 3 is 3.07 bits per heavy atom. The molecule has 0 bridgehead atoms. The lowest BCUT2D eigenvalue weighted by Gasteiger charge is -2.11. The largest absolute Gasteiger partial charge is 0.469 e. The van der Waals surface area contributed by atoms with Gasteiger partial charge in [0.05, 0.1) is 13.0 Å². The van der Waals surface area contributed by atoms with Gasteiger partial charge in [0.15, 0.2) is 0 Å². The van der Waals surface area contributed by atoms with Gasteiger partial charge in [0, 0.05) is 12.4 Å². The molecule has 80 valence electrons. The number of hydrogen-bond donors (Lipinski definition) is 0. The van der Waals surface area contributed by atoms with Crippen molar-refractivity contribution in [2.75, 3.05) is 7.11 Å². The zero-order chi connectivity index (χ0) is 11.1. The van der Waals surface area contributed by atoms with Crippen molar-refractivity contribution in [1.82, 2.24) is 4.98 Å². The van der Waals surface area contributed by atoms with Gasteiger partial charge in [0.25, 0.3) is 0 Å². The topological polar surface area (TPSA) is 39.2 Å². The molecule has 0 N–H and O–H groups in total. The summed E-state index contributed by atoms with van der Waals surface area (Å²) >= 11 is 0. The number of carbonyl (C=O) groups excluding carboxylic acids is 1. The van der Waals surface area contributed by atoms with Gasteiger partial charge in [0.1, 0.15) is 0 Å². The van der Waals surface area contributed by atoms with Crippen LogP contribution in [0.15, 0.2) is 37.2 Å². The van der Waals surface area contributed by atoms with E-state index in [1.807, 2.05) is 12.1 Å². The first-order chi connectivity index (χ1) is 7.27. The molecule has 15 heavy (non-hydrogen) atoms. The van der Waals surface area contributed by atoms with Crippen LogP contribution in [-0.2, 0) is 16.0 Å². The predicted octanol–water partition coefficient (Wildman–Crippen LogP) is 1.99. The molecule has 0 aliphatic heterocycles. The number of rotatable bonds is 5. The van der Waals surface area contributed by atoms with E-state index >= 15 is 0 Å². The molecule has 0 amide bonds. The fourth-order valence-electron chi connectivity index (χ4n) is 1.43. The summed E-state index contributed by atoms with van der Waals surface area (Å²) in [5.74, 6) is -0.351. The average Bonchev–Trinajstić information content (AvgIpc) is 2.29. The molecule has 0 aromatic carbocycles. The minimum absolute atomic E-state index is 0.156. The summed E-state index contributed by atoms with van der Waals surface area (Å²) < 4.78 is 4.73. The second kappa shape index (κ2) is 5.96. The number of aromatic nitrogens is 1. The van der Waals surface area contributed by atoms with E-state index in [1.54, 1.807) is 18.5 Å². The van der Waals surface area contributed by atoms with E-state index in [1.165, 1.54) is 7.11 Å². The van der Waals surface area contributed by atoms with Crippen LogP contribution < -0.4 is 0 Å². The van der Waals surface area contributed by atoms with Crippen LogP contribution in [0.2, 0.25) is 0 Å². The van der Waals surface area contributed by atoms with Gasteiger partial charge >= 0.3 is 5.97 Å². The SMILES string of the molecule is C=CCC(Cc1cccnc1)C(=O)OC. The number of allylic oxidation sites excluding steroid dienone is 1. The highest BCUT2D eigenvalue weighted by atomic mass is 16.5. The maximum atomic E-state index is 11.4. The van der Waals surface area contributed by atoms with E-state index in [9.17, 15) is 4.79 Å². The van der Waals surface area contributed by atoms with Crippen molar-refractivity contribution >= 4 is 5.97 Å². The van der Waals surface area contributed by atoms with E-state index in [0.29, 0.717) is 12.8 Å². The molecule has 1 aromatic rings. The molecule has 3 heteroatoms. The van der Waals surface area contributed by atoms with Crippen molar-refractivity contribution in [2.45, 2.75) is 12.8 Å². The van der Waals surface area contributed by atoms with Gasteiger partial charge in [-0.2, -0.15) is 0 Å². The first-order valence-corrected chi connectivity index (χ1v) is 4.85. The van der Waals surface area contributed by atoms with Crippen LogP contribution in [0.1, 0.15) is 12.0 Å². The number of nitrogens with zero attached hydrogens (tertiary/aromatic N) is 1. The molecule has 1 atom stereocenters. The fraction of sp³-hybridized carbons (Fsp3) is 0.333. The molecule has 0 aliphatic rings.